The Kier molecular flexibility index (Phi) is 4.33. The maximum absolute atomic E-state index is 5.72. The van der Waals surface area contributed by atoms with Crippen molar-refractivity contribution in [2.45, 2.75) is 32.2 Å². The molecule has 1 saturated heterocycles. The number of aromatic nitrogens is 2. The molecule has 2 N–H and O–H groups in total. The van der Waals surface area contributed by atoms with Gasteiger partial charge in [0.2, 0.25) is 0 Å². The van der Waals surface area contributed by atoms with Crippen LogP contribution in [0.3, 0.4) is 0 Å². The predicted molar refractivity (Wildman–Crippen MR) is 82.8 cm³/mol. The maximum atomic E-state index is 5.72. The third-order valence-corrected chi connectivity index (χ3v) is 4.16. The molecule has 0 radical (unpaired) electrons. The first-order chi connectivity index (χ1) is 9.88. The summed E-state index contributed by atoms with van der Waals surface area (Å²) in [6.07, 6.45) is 4.79. The van der Waals surface area contributed by atoms with Crippen molar-refractivity contribution in [3.8, 4) is 0 Å². The van der Waals surface area contributed by atoms with Crippen LogP contribution in [0.15, 0.2) is 24.3 Å². The van der Waals surface area contributed by atoms with Crippen molar-refractivity contribution in [3.63, 3.8) is 0 Å². The Morgan fingerprint density at radius 1 is 1.10 bits per heavy atom. The summed E-state index contributed by atoms with van der Waals surface area (Å²) >= 11 is 0. The number of aryl methyl sites for hydroxylation is 1. The third-order valence-electron chi connectivity index (χ3n) is 4.16. The quantitative estimate of drug-likeness (QED) is 0.875. The van der Waals surface area contributed by atoms with Gasteiger partial charge in [-0.3, -0.25) is 0 Å². The van der Waals surface area contributed by atoms with E-state index in [1.807, 2.05) is 0 Å². The second-order valence-electron chi connectivity index (χ2n) is 5.61. The highest BCUT2D eigenvalue weighted by Gasteiger charge is 2.12. The first-order valence-electron chi connectivity index (χ1n) is 7.75. The van der Waals surface area contributed by atoms with E-state index in [0.717, 1.165) is 24.3 Å². The SMILES string of the molecule is NCCc1nc2ccccc2n1CCCN1CCCC1. The van der Waals surface area contributed by atoms with Gasteiger partial charge in [0.05, 0.1) is 11.0 Å². The van der Waals surface area contributed by atoms with Gasteiger partial charge in [0, 0.05) is 13.0 Å². The molecular weight excluding hydrogens is 248 g/mol. The van der Waals surface area contributed by atoms with E-state index < -0.39 is 0 Å². The van der Waals surface area contributed by atoms with Crippen molar-refractivity contribution in [1.29, 1.82) is 0 Å². The highest BCUT2D eigenvalue weighted by atomic mass is 15.1. The average Bonchev–Trinajstić information content (AvgIpc) is 3.08. The van der Waals surface area contributed by atoms with Crippen molar-refractivity contribution in [2.75, 3.05) is 26.2 Å². The summed E-state index contributed by atoms with van der Waals surface area (Å²) in [6.45, 7) is 5.47. The van der Waals surface area contributed by atoms with Crippen LogP contribution < -0.4 is 5.73 Å². The Morgan fingerprint density at radius 2 is 1.90 bits per heavy atom. The van der Waals surface area contributed by atoms with E-state index in [9.17, 15) is 0 Å². The Balaban J connectivity index is 1.72. The van der Waals surface area contributed by atoms with Gasteiger partial charge >= 0.3 is 0 Å². The lowest BCUT2D eigenvalue weighted by Crippen LogP contribution is -2.22. The van der Waals surface area contributed by atoms with Crippen LogP contribution in [0, 0.1) is 0 Å². The highest BCUT2D eigenvalue weighted by molar-refractivity contribution is 5.75. The first kappa shape index (κ1) is 13.6. The molecule has 108 valence electrons. The molecule has 1 aromatic heterocycles. The molecule has 3 rings (SSSR count). The van der Waals surface area contributed by atoms with Gasteiger partial charge in [-0.15, -0.1) is 0 Å². The van der Waals surface area contributed by atoms with E-state index >= 15 is 0 Å². The van der Waals surface area contributed by atoms with E-state index in [4.69, 9.17) is 10.7 Å². The predicted octanol–water partition coefficient (Wildman–Crippen LogP) is 2.02. The van der Waals surface area contributed by atoms with Crippen molar-refractivity contribution < 1.29 is 0 Å². The number of fused-ring (bicyclic) bond motifs is 1. The minimum atomic E-state index is 0.662. The van der Waals surface area contributed by atoms with Gasteiger partial charge in [-0.1, -0.05) is 12.1 Å². The number of rotatable bonds is 6. The van der Waals surface area contributed by atoms with E-state index in [0.29, 0.717) is 6.54 Å². The molecule has 1 aliphatic heterocycles. The summed E-state index contributed by atoms with van der Waals surface area (Å²) in [4.78, 5) is 7.29. The summed E-state index contributed by atoms with van der Waals surface area (Å²) in [5.41, 5.74) is 8.06. The molecule has 0 atom stereocenters. The molecule has 0 aliphatic carbocycles. The zero-order valence-electron chi connectivity index (χ0n) is 12.1. The van der Waals surface area contributed by atoms with E-state index in [1.165, 1.54) is 44.4 Å². The molecule has 0 amide bonds. The van der Waals surface area contributed by atoms with Crippen LogP contribution in [0.25, 0.3) is 11.0 Å². The standard InChI is InChI=1S/C16H24N4/c17-9-8-16-18-14-6-1-2-7-15(14)20(16)13-5-12-19-10-3-4-11-19/h1-2,6-7H,3-5,8-13,17H2. The van der Waals surface area contributed by atoms with E-state index in [2.05, 4.69) is 33.7 Å². The van der Waals surface area contributed by atoms with Gasteiger partial charge in [-0.05, 0) is 57.6 Å². The fraction of sp³-hybridized carbons (Fsp3) is 0.562. The van der Waals surface area contributed by atoms with Crippen LogP contribution in [0.5, 0.6) is 0 Å². The van der Waals surface area contributed by atoms with Crippen molar-refractivity contribution in [2.24, 2.45) is 5.73 Å². The topological polar surface area (TPSA) is 47.1 Å². The second-order valence-corrected chi connectivity index (χ2v) is 5.61. The number of benzene rings is 1. The number of hydrogen-bond acceptors (Lipinski definition) is 3. The summed E-state index contributed by atoms with van der Waals surface area (Å²) in [5, 5.41) is 0. The molecule has 4 nitrogen and oxygen atoms in total. The minimum absolute atomic E-state index is 0.662. The number of nitrogens with two attached hydrogens (primary N) is 1. The smallest absolute Gasteiger partial charge is 0.111 e. The monoisotopic (exact) mass is 272 g/mol. The number of likely N-dealkylation sites (tertiary alicyclic amines) is 1. The van der Waals surface area contributed by atoms with Gasteiger partial charge in [0.15, 0.2) is 0 Å². The Bertz CT molecular complexity index is 555. The van der Waals surface area contributed by atoms with Crippen molar-refractivity contribution in [1.82, 2.24) is 14.5 Å². The lowest BCUT2D eigenvalue weighted by Gasteiger charge is -2.15. The molecule has 0 bridgehead atoms. The molecule has 20 heavy (non-hydrogen) atoms. The molecule has 0 spiro atoms. The fourth-order valence-corrected chi connectivity index (χ4v) is 3.15. The second kappa shape index (κ2) is 6.37. The molecule has 0 saturated carbocycles. The molecule has 1 fully saturated rings. The van der Waals surface area contributed by atoms with Crippen LogP contribution in [-0.2, 0) is 13.0 Å². The minimum Gasteiger partial charge on any atom is -0.330 e. The number of para-hydroxylation sites is 2. The van der Waals surface area contributed by atoms with Gasteiger partial charge in [-0.2, -0.15) is 0 Å². The lowest BCUT2D eigenvalue weighted by molar-refractivity contribution is 0.325. The summed E-state index contributed by atoms with van der Waals surface area (Å²) in [5.74, 6) is 1.13. The summed E-state index contributed by atoms with van der Waals surface area (Å²) < 4.78 is 2.36. The van der Waals surface area contributed by atoms with Crippen LogP contribution >= 0.6 is 0 Å². The van der Waals surface area contributed by atoms with Gasteiger partial charge in [0.1, 0.15) is 5.82 Å². The van der Waals surface area contributed by atoms with Gasteiger partial charge < -0.3 is 15.2 Å². The Morgan fingerprint density at radius 3 is 2.70 bits per heavy atom. The molecule has 2 aromatic rings. The fourth-order valence-electron chi connectivity index (χ4n) is 3.15. The molecule has 1 aliphatic rings. The van der Waals surface area contributed by atoms with Crippen molar-refractivity contribution >= 4 is 11.0 Å². The molecule has 0 unspecified atom stereocenters. The number of nitrogens with zero attached hydrogens (tertiary/aromatic N) is 3. The Labute approximate surface area is 120 Å². The molecule has 4 heteroatoms. The molecular formula is C16H24N4. The molecule has 2 heterocycles. The molecule has 1 aromatic carbocycles. The first-order valence-corrected chi connectivity index (χ1v) is 7.75. The van der Waals surface area contributed by atoms with Crippen molar-refractivity contribution in [3.05, 3.63) is 30.1 Å². The van der Waals surface area contributed by atoms with Crippen LogP contribution in [0.4, 0.5) is 0 Å². The third kappa shape index (κ3) is 2.86. The van der Waals surface area contributed by atoms with Gasteiger partial charge in [-0.25, -0.2) is 4.98 Å². The lowest BCUT2D eigenvalue weighted by atomic mass is 10.3. The van der Waals surface area contributed by atoms with Crippen LogP contribution in [0.2, 0.25) is 0 Å². The van der Waals surface area contributed by atoms with E-state index in [1.54, 1.807) is 0 Å². The van der Waals surface area contributed by atoms with E-state index in [-0.39, 0.29) is 0 Å². The summed E-state index contributed by atoms with van der Waals surface area (Å²) in [7, 11) is 0. The highest BCUT2D eigenvalue weighted by Crippen LogP contribution is 2.17. The Hall–Kier alpha value is -1.39. The van der Waals surface area contributed by atoms with Gasteiger partial charge in [0.25, 0.3) is 0 Å². The summed E-state index contributed by atoms with van der Waals surface area (Å²) in [6, 6.07) is 8.40. The average molecular weight is 272 g/mol. The zero-order valence-corrected chi connectivity index (χ0v) is 12.1. The van der Waals surface area contributed by atoms with Crippen LogP contribution in [0.1, 0.15) is 25.1 Å². The normalized spacial score (nSPS) is 16.2. The maximum Gasteiger partial charge on any atom is 0.111 e. The largest absolute Gasteiger partial charge is 0.330 e. The number of imidazole rings is 1. The van der Waals surface area contributed by atoms with Crippen LogP contribution in [-0.4, -0.2) is 40.6 Å². The number of hydrogen-bond donors (Lipinski definition) is 1. The zero-order chi connectivity index (χ0) is 13.8.